The predicted octanol–water partition coefficient (Wildman–Crippen LogP) is 2.36. The van der Waals surface area contributed by atoms with Crippen LogP contribution in [0.3, 0.4) is 0 Å². The molecule has 0 aliphatic carbocycles. The molecular weight excluding hydrogens is 329 g/mol. The van der Waals surface area contributed by atoms with Gasteiger partial charge in [-0.05, 0) is 22.0 Å². The highest BCUT2D eigenvalue weighted by Crippen LogP contribution is 2.21. The third kappa shape index (κ3) is 3.30. The Morgan fingerprint density at radius 3 is 2.75 bits per heavy atom. The fourth-order valence-electron chi connectivity index (χ4n) is 1.56. The molecule has 0 radical (unpaired) electrons. The number of anilines is 1. The van der Waals surface area contributed by atoms with Gasteiger partial charge in [-0.3, -0.25) is 14.3 Å². The summed E-state index contributed by atoms with van der Waals surface area (Å²) >= 11 is 3.22. The van der Waals surface area contributed by atoms with Gasteiger partial charge < -0.3 is 5.32 Å². The number of aromatic nitrogens is 2. The van der Waals surface area contributed by atoms with E-state index in [4.69, 9.17) is 0 Å². The Hall–Kier alpha value is -2.02. The maximum absolute atomic E-state index is 13.5. The van der Waals surface area contributed by atoms with Crippen molar-refractivity contribution in [3.8, 4) is 0 Å². The summed E-state index contributed by atoms with van der Waals surface area (Å²) in [5.74, 6) is -1.46. The molecule has 0 saturated carbocycles. The molecule has 1 heterocycles. The fourth-order valence-corrected chi connectivity index (χ4v) is 1.97. The van der Waals surface area contributed by atoms with E-state index in [1.165, 1.54) is 17.7 Å². The minimum absolute atomic E-state index is 0.223. The Balaban J connectivity index is 2.17. The van der Waals surface area contributed by atoms with Gasteiger partial charge in [-0.15, -0.1) is 0 Å². The Kier molecular flexibility index (Phi) is 4.29. The van der Waals surface area contributed by atoms with Crippen molar-refractivity contribution in [2.75, 3.05) is 5.32 Å². The number of benzene rings is 1. The molecule has 1 amide bonds. The number of carbonyl (C=O) groups is 2. The molecule has 0 fully saturated rings. The standard InChI is InChI=1S/C13H11BrFN3O2/c1-8(19)13(20)16-12-10(14)7-18(17-12)6-9-4-2-3-5-11(9)15/h2-5,7H,6H2,1H3,(H,16,17,20). The fraction of sp³-hybridized carbons (Fsp3) is 0.154. The minimum Gasteiger partial charge on any atom is -0.302 e. The van der Waals surface area contributed by atoms with Crippen molar-refractivity contribution in [1.29, 1.82) is 0 Å². The molecule has 20 heavy (non-hydrogen) atoms. The van der Waals surface area contributed by atoms with Crippen LogP contribution >= 0.6 is 15.9 Å². The van der Waals surface area contributed by atoms with E-state index in [1.807, 2.05) is 0 Å². The number of hydrogen-bond acceptors (Lipinski definition) is 3. The number of halogens is 2. The van der Waals surface area contributed by atoms with Crippen LogP contribution < -0.4 is 5.32 Å². The zero-order chi connectivity index (χ0) is 14.7. The molecule has 0 spiro atoms. The third-order valence-electron chi connectivity index (χ3n) is 2.56. The summed E-state index contributed by atoms with van der Waals surface area (Å²) in [6.07, 6.45) is 1.60. The number of nitrogens with one attached hydrogen (secondary N) is 1. The SMILES string of the molecule is CC(=O)C(=O)Nc1nn(Cc2ccccc2F)cc1Br. The predicted molar refractivity (Wildman–Crippen MR) is 74.7 cm³/mol. The molecule has 5 nitrogen and oxygen atoms in total. The van der Waals surface area contributed by atoms with Crippen LogP contribution in [0.4, 0.5) is 10.2 Å². The van der Waals surface area contributed by atoms with Gasteiger partial charge in [-0.2, -0.15) is 5.10 Å². The van der Waals surface area contributed by atoms with Crippen molar-refractivity contribution in [3.05, 3.63) is 46.3 Å². The molecule has 1 N–H and O–H groups in total. The lowest BCUT2D eigenvalue weighted by Crippen LogP contribution is -2.20. The molecule has 2 aromatic rings. The molecule has 7 heteroatoms. The van der Waals surface area contributed by atoms with Crippen molar-refractivity contribution in [2.45, 2.75) is 13.5 Å². The summed E-state index contributed by atoms with van der Waals surface area (Å²) in [4.78, 5) is 22.2. The number of hydrogen-bond donors (Lipinski definition) is 1. The Labute approximate surface area is 122 Å². The lowest BCUT2D eigenvalue weighted by molar-refractivity contribution is -0.133. The molecule has 0 unspecified atom stereocenters. The first-order chi connectivity index (χ1) is 9.47. The van der Waals surface area contributed by atoms with Crippen LogP contribution in [0.5, 0.6) is 0 Å². The summed E-state index contributed by atoms with van der Waals surface area (Å²) in [6, 6.07) is 6.36. The molecule has 1 aromatic carbocycles. The molecule has 2 rings (SSSR count). The summed E-state index contributed by atoms with van der Waals surface area (Å²) in [7, 11) is 0. The Morgan fingerprint density at radius 2 is 2.10 bits per heavy atom. The van der Waals surface area contributed by atoms with Crippen LogP contribution in [0.1, 0.15) is 12.5 Å². The lowest BCUT2D eigenvalue weighted by Gasteiger charge is -2.03. The lowest BCUT2D eigenvalue weighted by atomic mass is 10.2. The second kappa shape index (κ2) is 5.96. The molecule has 0 bridgehead atoms. The Bertz CT molecular complexity index is 669. The monoisotopic (exact) mass is 339 g/mol. The van der Waals surface area contributed by atoms with Crippen LogP contribution in [0, 0.1) is 5.82 Å². The van der Waals surface area contributed by atoms with E-state index in [2.05, 4.69) is 26.3 Å². The van der Waals surface area contributed by atoms with E-state index in [1.54, 1.807) is 24.4 Å². The number of ketones is 1. The smallest absolute Gasteiger partial charge is 0.292 e. The van der Waals surface area contributed by atoms with Crippen molar-refractivity contribution < 1.29 is 14.0 Å². The molecular formula is C13H11BrFN3O2. The molecule has 0 aliphatic rings. The van der Waals surface area contributed by atoms with Gasteiger partial charge in [-0.1, -0.05) is 18.2 Å². The van der Waals surface area contributed by atoms with Crippen LogP contribution in [0.2, 0.25) is 0 Å². The first-order valence-corrected chi connectivity index (χ1v) is 6.55. The van der Waals surface area contributed by atoms with E-state index >= 15 is 0 Å². The van der Waals surface area contributed by atoms with Gasteiger partial charge in [0.15, 0.2) is 5.82 Å². The highest BCUT2D eigenvalue weighted by atomic mass is 79.9. The summed E-state index contributed by atoms with van der Waals surface area (Å²) < 4.78 is 15.5. The van der Waals surface area contributed by atoms with Gasteiger partial charge in [0.05, 0.1) is 11.0 Å². The molecule has 0 aliphatic heterocycles. The summed E-state index contributed by atoms with van der Waals surface area (Å²) in [5, 5.41) is 6.46. The number of carbonyl (C=O) groups excluding carboxylic acids is 2. The first-order valence-electron chi connectivity index (χ1n) is 5.75. The number of amides is 1. The highest BCUT2D eigenvalue weighted by molar-refractivity contribution is 9.10. The van der Waals surface area contributed by atoms with Gasteiger partial charge in [0.1, 0.15) is 5.82 Å². The zero-order valence-corrected chi connectivity index (χ0v) is 12.1. The summed E-state index contributed by atoms with van der Waals surface area (Å²) in [5.41, 5.74) is 0.479. The molecule has 0 saturated heterocycles. The van der Waals surface area contributed by atoms with Crippen LogP contribution in [-0.4, -0.2) is 21.5 Å². The van der Waals surface area contributed by atoms with Crippen molar-refractivity contribution in [2.24, 2.45) is 0 Å². The average Bonchev–Trinajstić information content (AvgIpc) is 2.72. The molecule has 0 atom stereocenters. The maximum atomic E-state index is 13.5. The van der Waals surface area contributed by atoms with E-state index in [0.29, 0.717) is 10.0 Å². The quantitative estimate of drug-likeness (QED) is 0.869. The van der Waals surface area contributed by atoms with E-state index < -0.39 is 11.7 Å². The topological polar surface area (TPSA) is 64.0 Å². The average molecular weight is 340 g/mol. The number of nitrogens with zero attached hydrogens (tertiary/aromatic N) is 2. The van der Waals surface area contributed by atoms with Crippen LogP contribution in [0.25, 0.3) is 0 Å². The second-order valence-electron chi connectivity index (χ2n) is 4.12. The summed E-state index contributed by atoms with van der Waals surface area (Å²) in [6.45, 7) is 1.39. The van der Waals surface area contributed by atoms with Crippen molar-refractivity contribution in [1.82, 2.24) is 9.78 Å². The number of rotatable bonds is 4. The van der Waals surface area contributed by atoms with E-state index in [-0.39, 0.29) is 18.2 Å². The molecule has 104 valence electrons. The second-order valence-corrected chi connectivity index (χ2v) is 4.98. The van der Waals surface area contributed by atoms with Crippen molar-refractivity contribution in [3.63, 3.8) is 0 Å². The number of Topliss-reactive ketones (excluding diaryl/α,β-unsaturated/α-hetero) is 1. The largest absolute Gasteiger partial charge is 0.302 e. The van der Waals surface area contributed by atoms with E-state index in [0.717, 1.165) is 0 Å². The maximum Gasteiger partial charge on any atom is 0.292 e. The van der Waals surface area contributed by atoms with Gasteiger partial charge >= 0.3 is 0 Å². The minimum atomic E-state index is -0.748. The van der Waals surface area contributed by atoms with Gasteiger partial charge in [-0.25, -0.2) is 4.39 Å². The zero-order valence-electron chi connectivity index (χ0n) is 10.6. The van der Waals surface area contributed by atoms with Crippen molar-refractivity contribution >= 4 is 33.4 Å². The van der Waals surface area contributed by atoms with E-state index in [9.17, 15) is 14.0 Å². The Morgan fingerprint density at radius 1 is 1.40 bits per heavy atom. The van der Waals surface area contributed by atoms with Gasteiger partial charge in [0.2, 0.25) is 5.78 Å². The van der Waals surface area contributed by atoms with Crippen LogP contribution in [-0.2, 0) is 16.1 Å². The first kappa shape index (κ1) is 14.4. The van der Waals surface area contributed by atoms with Gasteiger partial charge in [0, 0.05) is 18.7 Å². The van der Waals surface area contributed by atoms with Gasteiger partial charge in [0.25, 0.3) is 5.91 Å². The molecule has 1 aromatic heterocycles. The van der Waals surface area contributed by atoms with Crippen LogP contribution in [0.15, 0.2) is 34.9 Å². The third-order valence-corrected chi connectivity index (χ3v) is 3.14. The normalized spacial score (nSPS) is 10.3. The highest BCUT2D eigenvalue weighted by Gasteiger charge is 2.14.